The van der Waals surface area contributed by atoms with Crippen molar-refractivity contribution >= 4 is 11.6 Å². The minimum Gasteiger partial charge on any atom is -0.360 e. The molecule has 1 aliphatic rings. The summed E-state index contributed by atoms with van der Waals surface area (Å²) in [7, 11) is 1.77. The molecule has 1 aromatic carbocycles. The molecule has 1 amide bonds. The summed E-state index contributed by atoms with van der Waals surface area (Å²) in [6.45, 7) is 3.36. The van der Waals surface area contributed by atoms with Gasteiger partial charge in [-0.3, -0.25) is 4.79 Å². The van der Waals surface area contributed by atoms with Gasteiger partial charge in [-0.1, -0.05) is 18.2 Å². The van der Waals surface area contributed by atoms with Gasteiger partial charge in [-0.15, -0.1) is 0 Å². The van der Waals surface area contributed by atoms with E-state index in [4.69, 9.17) is 5.26 Å². The fraction of sp³-hybridized carbons (Fsp3) is 0.500. The van der Waals surface area contributed by atoms with E-state index in [0.29, 0.717) is 13.0 Å². The Balaban J connectivity index is 2.12. The van der Waals surface area contributed by atoms with E-state index in [-0.39, 0.29) is 11.9 Å². The Hall–Kier alpha value is -2.02. The summed E-state index contributed by atoms with van der Waals surface area (Å²) in [6, 6.07) is 10.2. The van der Waals surface area contributed by atoms with Gasteiger partial charge in [0.05, 0.1) is 12.5 Å². The third-order valence-corrected chi connectivity index (χ3v) is 3.91. The Morgan fingerprint density at radius 2 is 2.25 bits per heavy atom. The van der Waals surface area contributed by atoms with Gasteiger partial charge in [0.2, 0.25) is 5.91 Å². The van der Waals surface area contributed by atoms with Crippen LogP contribution in [-0.2, 0) is 11.2 Å². The van der Waals surface area contributed by atoms with Gasteiger partial charge in [-0.2, -0.15) is 5.26 Å². The third kappa shape index (κ3) is 2.93. The highest BCUT2D eigenvalue weighted by molar-refractivity contribution is 5.85. The molecule has 20 heavy (non-hydrogen) atoms. The molecule has 0 N–H and O–H groups in total. The SMILES string of the molecule is CC(C(=O)N(C)CCC#N)N1CCCc2ccccc21. The Morgan fingerprint density at radius 1 is 1.50 bits per heavy atom. The van der Waals surface area contributed by atoms with E-state index in [2.05, 4.69) is 23.1 Å². The molecule has 106 valence electrons. The standard InChI is InChI=1S/C16H21N3O/c1-13(16(20)18(2)11-6-10-17)19-12-5-8-14-7-3-4-9-15(14)19/h3-4,7,9,13H,5-6,8,11-12H2,1-2H3. The molecule has 0 fully saturated rings. The molecule has 0 saturated heterocycles. The lowest BCUT2D eigenvalue weighted by molar-refractivity contribution is -0.130. The lowest BCUT2D eigenvalue weighted by Crippen LogP contribution is -2.48. The number of hydrogen-bond acceptors (Lipinski definition) is 3. The first-order valence-corrected chi connectivity index (χ1v) is 7.11. The molecule has 0 radical (unpaired) electrons. The van der Waals surface area contributed by atoms with E-state index in [0.717, 1.165) is 19.4 Å². The van der Waals surface area contributed by atoms with Crippen LogP contribution in [0.25, 0.3) is 0 Å². The molecule has 1 atom stereocenters. The molecule has 0 aromatic heterocycles. The average Bonchev–Trinajstić information content (AvgIpc) is 2.50. The highest BCUT2D eigenvalue weighted by Gasteiger charge is 2.27. The number of nitrogens with zero attached hydrogens (tertiary/aromatic N) is 3. The number of carbonyl (C=O) groups excluding carboxylic acids is 1. The molecule has 1 unspecified atom stereocenters. The van der Waals surface area contributed by atoms with Crippen molar-refractivity contribution in [2.24, 2.45) is 0 Å². The zero-order valence-electron chi connectivity index (χ0n) is 12.2. The number of para-hydroxylation sites is 1. The largest absolute Gasteiger partial charge is 0.360 e. The maximum atomic E-state index is 12.4. The van der Waals surface area contributed by atoms with E-state index in [1.165, 1.54) is 11.3 Å². The molecule has 1 heterocycles. The minimum absolute atomic E-state index is 0.0805. The molecule has 4 heteroatoms. The molecule has 2 rings (SSSR count). The number of amides is 1. The van der Waals surface area contributed by atoms with Crippen molar-refractivity contribution in [2.45, 2.75) is 32.2 Å². The molecule has 0 aliphatic carbocycles. The van der Waals surface area contributed by atoms with Crippen molar-refractivity contribution in [2.75, 3.05) is 25.0 Å². The molecule has 0 saturated carbocycles. The Bertz CT molecular complexity index is 521. The van der Waals surface area contributed by atoms with Crippen LogP contribution in [0.4, 0.5) is 5.69 Å². The predicted molar refractivity (Wildman–Crippen MR) is 79.4 cm³/mol. The van der Waals surface area contributed by atoms with Crippen LogP contribution in [0.3, 0.4) is 0 Å². The van der Waals surface area contributed by atoms with Gasteiger partial charge in [-0.05, 0) is 31.4 Å². The van der Waals surface area contributed by atoms with Crippen LogP contribution < -0.4 is 4.90 Å². The van der Waals surface area contributed by atoms with Crippen LogP contribution in [0.2, 0.25) is 0 Å². The first-order valence-electron chi connectivity index (χ1n) is 7.11. The van der Waals surface area contributed by atoms with Crippen molar-refractivity contribution in [3.05, 3.63) is 29.8 Å². The summed E-state index contributed by atoms with van der Waals surface area (Å²) in [5.74, 6) is 0.0805. The zero-order chi connectivity index (χ0) is 14.5. The van der Waals surface area contributed by atoms with Gasteiger partial charge >= 0.3 is 0 Å². The number of likely N-dealkylation sites (N-methyl/N-ethyl adjacent to an activating group) is 1. The minimum atomic E-state index is -0.180. The first-order chi connectivity index (χ1) is 9.65. The molecule has 1 aromatic rings. The van der Waals surface area contributed by atoms with Gasteiger partial charge in [0.1, 0.15) is 6.04 Å². The lowest BCUT2D eigenvalue weighted by atomic mass is 10.00. The summed E-state index contributed by atoms with van der Waals surface area (Å²) in [5, 5.41) is 8.62. The fourth-order valence-electron chi connectivity index (χ4n) is 2.75. The fourth-order valence-corrected chi connectivity index (χ4v) is 2.75. The Labute approximate surface area is 120 Å². The summed E-state index contributed by atoms with van der Waals surface area (Å²) >= 11 is 0. The van der Waals surface area contributed by atoms with Crippen molar-refractivity contribution in [3.8, 4) is 6.07 Å². The second kappa shape index (κ2) is 6.42. The van der Waals surface area contributed by atoms with E-state index in [1.54, 1.807) is 11.9 Å². The molecule has 1 aliphatic heterocycles. The molecule has 0 spiro atoms. The van der Waals surface area contributed by atoms with Crippen LogP contribution >= 0.6 is 0 Å². The van der Waals surface area contributed by atoms with Crippen LogP contribution in [0.1, 0.15) is 25.3 Å². The monoisotopic (exact) mass is 271 g/mol. The Morgan fingerprint density at radius 3 is 3.00 bits per heavy atom. The number of nitriles is 1. The average molecular weight is 271 g/mol. The molecular weight excluding hydrogens is 250 g/mol. The van der Waals surface area contributed by atoms with Crippen LogP contribution in [0.5, 0.6) is 0 Å². The van der Waals surface area contributed by atoms with E-state index in [9.17, 15) is 4.79 Å². The normalized spacial score (nSPS) is 15.2. The van der Waals surface area contributed by atoms with Crippen LogP contribution in [0, 0.1) is 11.3 Å². The van der Waals surface area contributed by atoms with E-state index >= 15 is 0 Å². The van der Waals surface area contributed by atoms with Crippen molar-refractivity contribution < 1.29 is 4.79 Å². The second-order valence-electron chi connectivity index (χ2n) is 5.27. The van der Waals surface area contributed by atoms with Gasteiger partial charge in [0.15, 0.2) is 0 Å². The number of carbonyl (C=O) groups is 1. The van der Waals surface area contributed by atoms with Gasteiger partial charge < -0.3 is 9.80 Å². The number of hydrogen-bond donors (Lipinski definition) is 0. The quantitative estimate of drug-likeness (QED) is 0.843. The van der Waals surface area contributed by atoms with Gasteiger partial charge in [-0.25, -0.2) is 0 Å². The number of fused-ring (bicyclic) bond motifs is 1. The van der Waals surface area contributed by atoms with Gasteiger partial charge in [0.25, 0.3) is 0 Å². The number of aryl methyl sites for hydroxylation is 1. The number of rotatable bonds is 4. The number of benzene rings is 1. The highest BCUT2D eigenvalue weighted by atomic mass is 16.2. The highest BCUT2D eigenvalue weighted by Crippen LogP contribution is 2.28. The summed E-state index contributed by atoms with van der Waals surface area (Å²) in [4.78, 5) is 16.3. The zero-order valence-corrected chi connectivity index (χ0v) is 12.2. The predicted octanol–water partition coefficient (Wildman–Crippen LogP) is 2.20. The summed E-state index contributed by atoms with van der Waals surface area (Å²) < 4.78 is 0. The van der Waals surface area contributed by atoms with Crippen LogP contribution in [-0.4, -0.2) is 37.0 Å². The summed E-state index contributed by atoms with van der Waals surface area (Å²) in [5.41, 5.74) is 2.49. The third-order valence-electron chi connectivity index (χ3n) is 3.91. The van der Waals surface area contributed by atoms with Gasteiger partial charge in [0, 0.05) is 25.8 Å². The lowest BCUT2D eigenvalue weighted by Gasteiger charge is -2.37. The van der Waals surface area contributed by atoms with Crippen LogP contribution in [0.15, 0.2) is 24.3 Å². The maximum Gasteiger partial charge on any atom is 0.244 e. The smallest absolute Gasteiger partial charge is 0.244 e. The van der Waals surface area contributed by atoms with E-state index in [1.807, 2.05) is 19.1 Å². The number of anilines is 1. The molecule has 4 nitrogen and oxygen atoms in total. The topological polar surface area (TPSA) is 47.3 Å². The van der Waals surface area contributed by atoms with E-state index < -0.39 is 0 Å². The van der Waals surface area contributed by atoms with Crippen molar-refractivity contribution in [1.29, 1.82) is 5.26 Å². The Kier molecular flexibility index (Phi) is 4.62. The maximum absolute atomic E-state index is 12.4. The molecular formula is C16H21N3O. The first kappa shape index (κ1) is 14.4. The van der Waals surface area contributed by atoms with Crippen molar-refractivity contribution in [3.63, 3.8) is 0 Å². The second-order valence-corrected chi connectivity index (χ2v) is 5.27. The van der Waals surface area contributed by atoms with Crippen molar-refractivity contribution in [1.82, 2.24) is 4.90 Å². The summed E-state index contributed by atoms with van der Waals surface area (Å²) in [6.07, 6.45) is 2.54. The molecule has 0 bridgehead atoms.